The molecule has 5 nitrogen and oxygen atoms in total. The monoisotopic (exact) mass is 227 g/mol. The van der Waals surface area contributed by atoms with Gasteiger partial charge in [0.1, 0.15) is 11.9 Å². The van der Waals surface area contributed by atoms with E-state index < -0.39 is 12.7 Å². The zero-order valence-electron chi connectivity index (χ0n) is 7.60. The van der Waals surface area contributed by atoms with Crippen molar-refractivity contribution in [2.75, 3.05) is 6.61 Å². The van der Waals surface area contributed by atoms with Crippen molar-refractivity contribution in [2.45, 2.75) is 6.10 Å². The molecule has 0 radical (unpaired) electrons. The highest BCUT2D eigenvalue weighted by Crippen LogP contribution is 2.29. The van der Waals surface area contributed by atoms with E-state index in [2.05, 4.69) is 4.98 Å². The number of fused-ring (bicyclic) bond motifs is 1. The van der Waals surface area contributed by atoms with Crippen LogP contribution in [0.4, 0.5) is 0 Å². The maximum atomic E-state index is 11.1. The van der Waals surface area contributed by atoms with E-state index >= 15 is 0 Å². The largest absolute Gasteiger partial charge is 0.508 e. The van der Waals surface area contributed by atoms with Gasteiger partial charge in [0.05, 0.1) is 16.8 Å². The Labute approximate surface area is 88.2 Å². The Bertz CT molecular complexity index is 545. The number of phenols is 1. The van der Waals surface area contributed by atoms with Crippen molar-refractivity contribution in [3.8, 4) is 5.75 Å². The molecule has 80 valence electrons. The Morgan fingerprint density at radius 2 is 2.20 bits per heavy atom. The number of phenolic OH excluding ortho intramolecular Hbond substituents is 1. The number of rotatable bonds is 2. The number of aliphatic hydroxyl groups excluding tert-OH is 2. The molecule has 4 N–H and O–H groups in total. The van der Waals surface area contributed by atoms with E-state index in [1.165, 1.54) is 12.1 Å². The second-order valence-corrected chi connectivity index (χ2v) is 4.11. The van der Waals surface area contributed by atoms with Crippen LogP contribution in [0, 0.1) is 0 Å². The minimum absolute atomic E-state index is 0.0564. The fourth-order valence-electron chi connectivity index (χ4n) is 1.42. The maximum Gasteiger partial charge on any atom is 0.305 e. The van der Waals surface area contributed by atoms with Gasteiger partial charge in [0.15, 0.2) is 0 Å². The number of aliphatic hydroxyl groups is 2. The van der Waals surface area contributed by atoms with E-state index in [1.54, 1.807) is 0 Å². The molecular weight excluding hydrogens is 218 g/mol. The average molecular weight is 227 g/mol. The SMILES string of the molecule is O=c1[nH]c2cc(O)cc(C(O)CO)c2s1. The Balaban J connectivity index is 2.75. The Morgan fingerprint density at radius 3 is 2.87 bits per heavy atom. The quantitative estimate of drug-likeness (QED) is 0.594. The molecule has 2 aromatic rings. The third-order valence-electron chi connectivity index (χ3n) is 2.07. The molecule has 0 fully saturated rings. The highest BCUT2D eigenvalue weighted by molar-refractivity contribution is 7.16. The normalized spacial score (nSPS) is 13.2. The smallest absolute Gasteiger partial charge is 0.305 e. The third kappa shape index (κ3) is 1.74. The number of hydrogen-bond acceptors (Lipinski definition) is 5. The van der Waals surface area contributed by atoms with Crippen molar-refractivity contribution in [2.24, 2.45) is 0 Å². The number of benzene rings is 1. The molecular formula is C9H9NO4S. The van der Waals surface area contributed by atoms with Crippen molar-refractivity contribution in [3.63, 3.8) is 0 Å². The van der Waals surface area contributed by atoms with Crippen molar-refractivity contribution in [1.82, 2.24) is 4.98 Å². The van der Waals surface area contributed by atoms with Crippen LogP contribution in [0.5, 0.6) is 5.75 Å². The molecule has 6 heteroatoms. The van der Waals surface area contributed by atoms with Gasteiger partial charge in [0.2, 0.25) is 0 Å². The second kappa shape index (κ2) is 3.65. The van der Waals surface area contributed by atoms with E-state index in [0.717, 1.165) is 11.3 Å². The standard InChI is InChI=1S/C9H9NO4S/c11-3-7(13)5-1-4(12)2-6-8(5)15-9(14)10-6/h1-2,7,11-13H,3H2,(H,10,14). The fraction of sp³-hybridized carbons (Fsp3) is 0.222. The number of hydrogen-bond donors (Lipinski definition) is 4. The number of H-pyrrole nitrogens is 1. The molecule has 0 saturated heterocycles. The molecule has 2 rings (SSSR count). The maximum absolute atomic E-state index is 11.1. The summed E-state index contributed by atoms with van der Waals surface area (Å²) in [6.45, 7) is -0.454. The molecule has 15 heavy (non-hydrogen) atoms. The topological polar surface area (TPSA) is 93.6 Å². The van der Waals surface area contributed by atoms with Crippen LogP contribution >= 0.6 is 11.3 Å². The lowest BCUT2D eigenvalue weighted by Gasteiger charge is -2.08. The van der Waals surface area contributed by atoms with Crippen LogP contribution in [0.25, 0.3) is 10.2 Å². The number of aromatic hydroxyl groups is 1. The van der Waals surface area contributed by atoms with Gasteiger partial charge in [0.25, 0.3) is 0 Å². The molecule has 1 heterocycles. The van der Waals surface area contributed by atoms with E-state index in [4.69, 9.17) is 5.11 Å². The van der Waals surface area contributed by atoms with Gasteiger partial charge in [-0.25, -0.2) is 0 Å². The second-order valence-electron chi connectivity index (χ2n) is 3.12. The number of aromatic nitrogens is 1. The van der Waals surface area contributed by atoms with Crippen LogP contribution < -0.4 is 4.87 Å². The van der Waals surface area contributed by atoms with Crippen molar-refractivity contribution in [1.29, 1.82) is 0 Å². The Hall–Kier alpha value is -1.37. The van der Waals surface area contributed by atoms with Crippen LogP contribution in [0.1, 0.15) is 11.7 Å². The third-order valence-corrected chi connectivity index (χ3v) is 3.01. The average Bonchev–Trinajstić information content (AvgIpc) is 2.55. The van der Waals surface area contributed by atoms with Crippen LogP contribution in [0.3, 0.4) is 0 Å². The fourth-order valence-corrected chi connectivity index (χ4v) is 2.30. The van der Waals surface area contributed by atoms with Crippen molar-refractivity contribution >= 4 is 21.6 Å². The predicted molar refractivity (Wildman–Crippen MR) is 56.2 cm³/mol. The molecule has 1 aromatic heterocycles. The van der Waals surface area contributed by atoms with Gasteiger partial charge in [-0.15, -0.1) is 0 Å². The number of aromatic amines is 1. The van der Waals surface area contributed by atoms with Gasteiger partial charge >= 0.3 is 4.87 Å². The van der Waals surface area contributed by atoms with Crippen LogP contribution in [0.15, 0.2) is 16.9 Å². The molecule has 0 saturated carbocycles. The minimum Gasteiger partial charge on any atom is -0.508 e. The number of nitrogens with one attached hydrogen (secondary N) is 1. The van der Waals surface area contributed by atoms with E-state index in [1.807, 2.05) is 0 Å². The van der Waals surface area contributed by atoms with Crippen molar-refractivity contribution in [3.05, 3.63) is 27.4 Å². The molecule has 1 unspecified atom stereocenters. The molecule has 0 spiro atoms. The lowest BCUT2D eigenvalue weighted by Crippen LogP contribution is -2.02. The summed E-state index contributed by atoms with van der Waals surface area (Å²) in [6.07, 6.45) is -1.09. The Kier molecular flexibility index (Phi) is 2.47. The molecule has 1 atom stereocenters. The lowest BCUT2D eigenvalue weighted by atomic mass is 10.1. The van der Waals surface area contributed by atoms with Gasteiger partial charge in [-0.3, -0.25) is 4.79 Å². The first-order valence-corrected chi connectivity index (χ1v) is 5.08. The van der Waals surface area contributed by atoms with Gasteiger partial charge in [0, 0.05) is 11.6 Å². The van der Waals surface area contributed by atoms with E-state index in [9.17, 15) is 15.0 Å². The van der Waals surface area contributed by atoms with Gasteiger partial charge in [-0.05, 0) is 6.07 Å². The zero-order chi connectivity index (χ0) is 11.0. The van der Waals surface area contributed by atoms with Crippen LogP contribution in [0.2, 0.25) is 0 Å². The van der Waals surface area contributed by atoms with Crippen LogP contribution in [-0.4, -0.2) is 26.9 Å². The highest BCUT2D eigenvalue weighted by atomic mass is 32.1. The molecule has 0 aliphatic carbocycles. The summed E-state index contributed by atoms with van der Waals surface area (Å²) in [5.41, 5.74) is 0.823. The number of thiazole rings is 1. The summed E-state index contributed by atoms with van der Waals surface area (Å²) in [5, 5.41) is 27.7. The summed E-state index contributed by atoms with van der Waals surface area (Å²) in [6, 6.07) is 2.74. The molecule has 0 amide bonds. The van der Waals surface area contributed by atoms with Gasteiger partial charge < -0.3 is 20.3 Å². The van der Waals surface area contributed by atoms with E-state index in [-0.39, 0.29) is 10.6 Å². The molecule has 0 aliphatic heterocycles. The van der Waals surface area contributed by atoms with E-state index in [0.29, 0.717) is 15.8 Å². The van der Waals surface area contributed by atoms with Crippen molar-refractivity contribution < 1.29 is 15.3 Å². The van der Waals surface area contributed by atoms with Gasteiger partial charge in [-0.2, -0.15) is 0 Å². The highest BCUT2D eigenvalue weighted by Gasteiger charge is 2.14. The summed E-state index contributed by atoms with van der Waals surface area (Å²) >= 11 is 0.938. The molecule has 1 aromatic carbocycles. The summed E-state index contributed by atoms with van der Waals surface area (Å²) in [4.78, 5) is 13.4. The van der Waals surface area contributed by atoms with Crippen LogP contribution in [-0.2, 0) is 0 Å². The molecule has 0 aliphatic rings. The first-order valence-electron chi connectivity index (χ1n) is 4.26. The summed E-state index contributed by atoms with van der Waals surface area (Å²) in [7, 11) is 0. The Morgan fingerprint density at radius 1 is 1.47 bits per heavy atom. The first kappa shape index (κ1) is 10.2. The first-order chi connectivity index (χ1) is 7.11. The summed E-state index contributed by atoms with van der Waals surface area (Å²) < 4.78 is 0.555. The minimum atomic E-state index is -1.09. The zero-order valence-corrected chi connectivity index (χ0v) is 8.41. The lowest BCUT2D eigenvalue weighted by molar-refractivity contribution is 0.0967. The predicted octanol–water partition coefficient (Wildman–Crippen LogP) is 0.321. The molecule has 0 bridgehead atoms. The summed E-state index contributed by atoms with van der Waals surface area (Å²) in [5.74, 6) is -0.0564. The van der Waals surface area contributed by atoms with Gasteiger partial charge in [-0.1, -0.05) is 11.3 Å².